The molecular formula is C14H28N4O. The fourth-order valence-electron chi connectivity index (χ4n) is 2.36. The molecule has 0 bridgehead atoms. The van der Waals surface area contributed by atoms with Crippen LogP contribution in [0.5, 0.6) is 0 Å². The summed E-state index contributed by atoms with van der Waals surface area (Å²) in [6.07, 6.45) is 1.93. The Hall–Kier alpha value is -1.07. The molecule has 5 heteroatoms. The van der Waals surface area contributed by atoms with Gasteiger partial charge in [-0.3, -0.25) is 4.68 Å². The first kappa shape index (κ1) is 16.0. The van der Waals surface area contributed by atoms with Crippen LogP contribution in [0.1, 0.15) is 37.9 Å². The lowest BCUT2D eigenvalue weighted by atomic mass is 10.2. The van der Waals surface area contributed by atoms with Gasteiger partial charge in [0.1, 0.15) is 5.82 Å². The number of hydrogen-bond donors (Lipinski definition) is 2. The molecular weight excluding hydrogens is 240 g/mol. The number of aliphatic hydroxyl groups is 1. The van der Waals surface area contributed by atoms with Crippen molar-refractivity contribution in [2.45, 2.75) is 40.2 Å². The molecule has 1 heterocycles. The molecule has 5 nitrogen and oxygen atoms in total. The van der Waals surface area contributed by atoms with E-state index in [1.165, 1.54) is 11.4 Å². The standard InChI is InChI=1S/C14H28N4O/c1-5-8-15-11-13-12(3)16-17(4)14(13)18(6-2)9-7-10-19/h15,19H,5-11H2,1-4H3. The fourth-order valence-corrected chi connectivity index (χ4v) is 2.36. The molecule has 1 aromatic heterocycles. The zero-order chi connectivity index (χ0) is 14.3. The number of aliphatic hydroxyl groups excluding tert-OH is 1. The molecule has 0 fully saturated rings. The smallest absolute Gasteiger partial charge is 0.131 e. The number of rotatable bonds is 9. The van der Waals surface area contributed by atoms with Crippen LogP contribution in [0.25, 0.3) is 0 Å². The van der Waals surface area contributed by atoms with Crippen LogP contribution in [-0.4, -0.2) is 41.1 Å². The summed E-state index contributed by atoms with van der Waals surface area (Å²) in [5, 5.41) is 17.0. The predicted octanol–water partition coefficient (Wildman–Crippen LogP) is 1.44. The zero-order valence-electron chi connectivity index (χ0n) is 12.7. The Morgan fingerprint density at radius 2 is 2.11 bits per heavy atom. The molecule has 0 saturated carbocycles. The Morgan fingerprint density at radius 3 is 2.68 bits per heavy atom. The van der Waals surface area contributed by atoms with Crippen LogP contribution in [0.3, 0.4) is 0 Å². The molecule has 110 valence electrons. The van der Waals surface area contributed by atoms with Crippen molar-refractivity contribution < 1.29 is 5.11 Å². The van der Waals surface area contributed by atoms with E-state index >= 15 is 0 Å². The van der Waals surface area contributed by atoms with Gasteiger partial charge in [-0.2, -0.15) is 5.10 Å². The number of aryl methyl sites for hydroxylation is 2. The third kappa shape index (κ3) is 4.21. The maximum Gasteiger partial charge on any atom is 0.131 e. The van der Waals surface area contributed by atoms with E-state index in [1.54, 1.807) is 0 Å². The molecule has 0 amide bonds. The highest BCUT2D eigenvalue weighted by atomic mass is 16.3. The van der Waals surface area contributed by atoms with E-state index in [0.29, 0.717) is 0 Å². The average molecular weight is 268 g/mol. The van der Waals surface area contributed by atoms with E-state index in [0.717, 1.165) is 44.7 Å². The topological polar surface area (TPSA) is 53.3 Å². The second kappa shape index (κ2) is 8.17. The minimum Gasteiger partial charge on any atom is -0.396 e. The SMILES string of the molecule is CCCNCc1c(C)nn(C)c1N(CC)CCCO. The zero-order valence-corrected chi connectivity index (χ0v) is 12.7. The van der Waals surface area contributed by atoms with Gasteiger partial charge in [0.05, 0.1) is 5.69 Å². The van der Waals surface area contributed by atoms with Crippen LogP contribution < -0.4 is 10.2 Å². The fraction of sp³-hybridized carbons (Fsp3) is 0.786. The van der Waals surface area contributed by atoms with E-state index in [1.807, 2.05) is 11.7 Å². The Labute approximate surface area is 116 Å². The normalized spacial score (nSPS) is 11.0. The maximum atomic E-state index is 9.01. The highest BCUT2D eigenvalue weighted by Crippen LogP contribution is 2.23. The summed E-state index contributed by atoms with van der Waals surface area (Å²) >= 11 is 0. The van der Waals surface area contributed by atoms with Crippen molar-refractivity contribution in [3.8, 4) is 0 Å². The van der Waals surface area contributed by atoms with Crippen molar-refractivity contribution in [1.82, 2.24) is 15.1 Å². The Kier molecular flexibility index (Phi) is 6.87. The first-order chi connectivity index (χ1) is 9.15. The monoisotopic (exact) mass is 268 g/mol. The van der Waals surface area contributed by atoms with Crippen molar-refractivity contribution in [2.24, 2.45) is 7.05 Å². The van der Waals surface area contributed by atoms with Gasteiger partial charge in [-0.15, -0.1) is 0 Å². The predicted molar refractivity (Wildman–Crippen MR) is 79.5 cm³/mol. The van der Waals surface area contributed by atoms with Crippen molar-refractivity contribution in [1.29, 1.82) is 0 Å². The number of nitrogens with one attached hydrogen (secondary N) is 1. The lowest BCUT2D eigenvalue weighted by Gasteiger charge is -2.24. The Morgan fingerprint density at radius 1 is 1.37 bits per heavy atom. The van der Waals surface area contributed by atoms with Gasteiger partial charge >= 0.3 is 0 Å². The first-order valence-corrected chi connectivity index (χ1v) is 7.24. The molecule has 0 aliphatic heterocycles. The summed E-state index contributed by atoms with van der Waals surface area (Å²) in [7, 11) is 1.99. The molecule has 0 spiro atoms. The van der Waals surface area contributed by atoms with Gasteiger partial charge in [0.25, 0.3) is 0 Å². The molecule has 0 aliphatic rings. The van der Waals surface area contributed by atoms with Crippen LogP contribution in [0.15, 0.2) is 0 Å². The number of aromatic nitrogens is 2. The molecule has 19 heavy (non-hydrogen) atoms. The highest BCUT2D eigenvalue weighted by molar-refractivity contribution is 5.50. The molecule has 0 saturated heterocycles. The quantitative estimate of drug-likeness (QED) is 0.665. The lowest BCUT2D eigenvalue weighted by Crippen LogP contribution is -2.28. The average Bonchev–Trinajstić information content (AvgIpc) is 2.67. The van der Waals surface area contributed by atoms with E-state index < -0.39 is 0 Å². The summed E-state index contributed by atoms with van der Waals surface area (Å²) in [5.74, 6) is 1.18. The van der Waals surface area contributed by atoms with Gasteiger partial charge < -0.3 is 15.3 Å². The van der Waals surface area contributed by atoms with Crippen LogP contribution in [0.4, 0.5) is 5.82 Å². The Bertz CT molecular complexity index is 376. The van der Waals surface area contributed by atoms with Gasteiger partial charge in [-0.25, -0.2) is 0 Å². The van der Waals surface area contributed by atoms with E-state index in [2.05, 4.69) is 36.1 Å². The van der Waals surface area contributed by atoms with E-state index in [-0.39, 0.29) is 6.61 Å². The molecule has 2 N–H and O–H groups in total. The molecule has 0 atom stereocenters. The second-order valence-electron chi connectivity index (χ2n) is 4.84. The number of nitrogens with zero attached hydrogens (tertiary/aromatic N) is 3. The van der Waals surface area contributed by atoms with Gasteiger partial charge in [0, 0.05) is 38.9 Å². The third-order valence-electron chi connectivity index (χ3n) is 3.31. The summed E-state index contributed by atoms with van der Waals surface area (Å²) in [4.78, 5) is 2.29. The van der Waals surface area contributed by atoms with E-state index in [4.69, 9.17) is 5.11 Å². The van der Waals surface area contributed by atoms with Crippen molar-refractivity contribution in [2.75, 3.05) is 31.1 Å². The van der Waals surface area contributed by atoms with Crippen molar-refractivity contribution in [3.05, 3.63) is 11.3 Å². The van der Waals surface area contributed by atoms with Gasteiger partial charge in [-0.1, -0.05) is 6.92 Å². The van der Waals surface area contributed by atoms with Crippen LogP contribution in [0, 0.1) is 6.92 Å². The molecule has 1 rings (SSSR count). The number of anilines is 1. The lowest BCUT2D eigenvalue weighted by molar-refractivity contribution is 0.289. The molecule has 0 aliphatic carbocycles. The van der Waals surface area contributed by atoms with Crippen molar-refractivity contribution in [3.63, 3.8) is 0 Å². The summed E-state index contributed by atoms with van der Waals surface area (Å²) in [6, 6.07) is 0. The summed E-state index contributed by atoms with van der Waals surface area (Å²) in [6.45, 7) is 10.3. The van der Waals surface area contributed by atoms with Crippen molar-refractivity contribution >= 4 is 5.82 Å². The first-order valence-electron chi connectivity index (χ1n) is 7.24. The van der Waals surface area contributed by atoms with Crippen LogP contribution in [0.2, 0.25) is 0 Å². The summed E-state index contributed by atoms with van der Waals surface area (Å²) < 4.78 is 1.96. The molecule has 0 aromatic carbocycles. The minimum absolute atomic E-state index is 0.233. The van der Waals surface area contributed by atoms with Gasteiger partial charge in [0.15, 0.2) is 0 Å². The van der Waals surface area contributed by atoms with Crippen LogP contribution in [-0.2, 0) is 13.6 Å². The number of hydrogen-bond acceptors (Lipinski definition) is 4. The second-order valence-corrected chi connectivity index (χ2v) is 4.84. The third-order valence-corrected chi connectivity index (χ3v) is 3.31. The molecule has 0 radical (unpaired) electrons. The summed E-state index contributed by atoms with van der Waals surface area (Å²) in [5.41, 5.74) is 2.36. The van der Waals surface area contributed by atoms with Gasteiger partial charge in [0.2, 0.25) is 0 Å². The maximum absolute atomic E-state index is 9.01. The highest BCUT2D eigenvalue weighted by Gasteiger charge is 2.17. The molecule has 0 unspecified atom stereocenters. The molecule has 1 aromatic rings. The van der Waals surface area contributed by atoms with Gasteiger partial charge in [-0.05, 0) is 33.2 Å². The largest absolute Gasteiger partial charge is 0.396 e. The van der Waals surface area contributed by atoms with E-state index in [9.17, 15) is 0 Å². The minimum atomic E-state index is 0.233. The van der Waals surface area contributed by atoms with Crippen LogP contribution >= 0.6 is 0 Å². The Balaban J connectivity index is 2.89.